The summed E-state index contributed by atoms with van der Waals surface area (Å²) >= 11 is 0. The van der Waals surface area contributed by atoms with Crippen LogP contribution in [0, 0.1) is 0 Å². The number of amides is 1. The van der Waals surface area contributed by atoms with E-state index in [9.17, 15) is 4.79 Å². The van der Waals surface area contributed by atoms with Gasteiger partial charge in [-0.1, -0.05) is 19.1 Å². The summed E-state index contributed by atoms with van der Waals surface area (Å²) in [7, 11) is 0. The number of rotatable bonds is 6. The van der Waals surface area contributed by atoms with Crippen LogP contribution in [0.5, 0.6) is 0 Å². The maximum atomic E-state index is 11.3. The van der Waals surface area contributed by atoms with Gasteiger partial charge in [0.15, 0.2) is 0 Å². The normalized spacial score (nSPS) is 12.6. The van der Waals surface area contributed by atoms with Crippen LogP contribution in [0.4, 0.5) is 0 Å². The van der Waals surface area contributed by atoms with Crippen molar-refractivity contribution in [2.24, 2.45) is 5.84 Å². The number of nitrogens with zero attached hydrogens (tertiary/aromatic N) is 2. The number of para-hydroxylation sites is 2. The van der Waals surface area contributed by atoms with Gasteiger partial charge < -0.3 is 4.57 Å². The second-order valence-corrected chi connectivity index (χ2v) is 5.09. The van der Waals surface area contributed by atoms with Crippen molar-refractivity contribution in [3.8, 4) is 0 Å². The molecule has 1 aromatic carbocycles. The van der Waals surface area contributed by atoms with E-state index in [0.717, 1.165) is 36.1 Å². The van der Waals surface area contributed by atoms with Crippen LogP contribution in [0.3, 0.4) is 0 Å². The number of imidazole rings is 1. The Morgan fingerprint density at radius 1 is 1.45 bits per heavy atom. The Hall–Kier alpha value is -1.88. The Balaban J connectivity index is 2.30. The summed E-state index contributed by atoms with van der Waals surface area (Å²) in [5, 5.41) is 0. The lowest BCUT2D eigenvalue weighted by Crippen LogP contribution is -2.30. The molecule has 5 nitrogen and oxygen atoms in total. The third-order valence-corrected chi connectivity index (χ3v) is 3.53. The van der Waals surface area contributed by atoms with Gasteiger partial charge in [0, 0.05) is 18.9 Å². The molecule has 0 aliphatic heterocycles. The molecular weight excluding hydrogens is 252 g/mol. The van der Waals surface area contributed by atoms with Gasteiger partial charge in [-0.25, -0.2) is 10.8 Å². The molecule has 108 valence electrons. The van der Waals surface area contributed by atoms with Crippen molar-refractivity contribution >= 4 is 16.9 Å². The zero-order valence-electron chi connectivity index (χ0n) is 12.1. The minimum absolute atomic E-state index is 0.127. The van der Waals surface area contributed by atoms with Crippen LogP contribution < -0.4 is 11.3 Å². The zero-order chi connectivity index (χ0) is 14.5. The quantitative estimate of drug-likeness (QED) is 0.482. The van der Waals surface area contributed by atoms with Gasteiger partial charge in [-0.2, -0.15) is 0 Å². The maximum Gasteiger partial charge on any atom is 0.233 e. The van der Waals surface area contributed by atoms with Crippen LogP contribution in [0.15, 0.2) is 24.3 Å². The van der Waals surface area contributed by atoms with E-state index in [4.69, 9.17) is 10.8 Å². The summed E-state index contributed by atoms with van der Waals surface area (Å²) in [5.41, 5.74) is 4.33. The van der Waals surface area contributed by atoms with Gasteiger partial charge in [0.25, 0.3) is 0 Å². The van der Waals surface area contributed by atoms with Gasteiger partial charge in [-0.05, 0) is 31.9 Å². The fourth-order valence-corrected chi connectivity index (χ4v) is 2.53. The molecule has 2 aromatic rings. The Kier molecular flexibility index (Phi) is 4.74. The molecule has 0 radical (unpaired) electrons. The summed E-state index contributed by atoms with van der Waals surface area (Å²) in [6.07, 6.45) is 3.18. The number of hydrazine groups is 1. The molecule has 1 unspecified atom stereocenters. The highest BCUT2D eigenvalue weighted by molar-refractivity contribution is 5.76. The number of aromatic nitrogens is 2. The van der Waals surface area contributed by atoms with Crippen LogP contribution in [0.2, 0.25) is 0 Å². The molecular formula is C15H22N4O. The van der Waals surface area contributed by atoms with Crippen molar-refractivity contribution in [2.45, 2.75) is 45.6 Å². The molecule has 1 aromatic heterocycles. The Bertz CT molecular complexity index is 591. The number of fused-ring (bicyclic) bond motifs is 1. The summed E-state index contributed by atoms with van der Waals surface area (Å²) in [4.78, 5) is 16.0. The highest BCUT2D eigenvalue weighted by atomic mass is 16.2. The van der Waals surface area contributed by atoms with Crippen LogP contribution in [0.1, 0.15) is 45.0 Å². The van der Waals surface area contributed by atoms with Gasteiger partial charge in [0.1, 0.15) is 5.82 Å². The lowest BCUT2D eigenvalue weighted by Gasteiger charge is -2.17. The van der Waals surface area contributed by atoms with E-state index in [0.29, 0.717) is 6.42 Å². The van der Waals surface area contributed by atoms with E-state index in [2.05, 4.69) is 29.9 Å². The minimum Gasteiger partial charge on any atom is -0.325 e. The predicted molar refractivity (Wildman–Crippen MR) is 80.0 cm³/mol. The van der Waals surface area contributed by atoms with Gasteiger partial charge >= 0.3 is 0 Å². The number of benzene rings is 1. The highest BCUT2D eigenvalue weighted by Crippen LogP contribution is 2.24. The molecule has 0 aliphatic carbocycles. The fourth-order valence-electron chi connectivity index (χ4n) is 2.53. The Labute approximate surface area is 119 Å². The molecule has 5 heteroatoms. The van der Waals surface area contributed by atoms with E-state index >= 15 is 0 Å². The third-order valence-electron chi connectivity index (χ3n) is 3.53. The number of carbonyl (C=O) groups excluding carboxylic acids is 1. The predicted octanol–water partition coefficient (Wildman–Crippen LogP) is 2.32. The molecule has 0 aliphatic rings. The third kappa shape index (κ3) is 2.99. The molecule has 20 heavy (non-hydrogen) atoms. The lowest BCUT2D eigenvalue weighted by molar-refractivity contribution is -0.121. The van der Waals surface area contributed by atoms with Crippen LogP contribution in [-0.2, 0) is 11.2 Å². The van der Waals surface area contributed by atoms with Crippen molar-refractivity contribution in [1.29, 1.82) is 0 Å². The summed E-state index contributed by atoms with van der Waals surface area (Å²) in [6, 6.07) is 8.37. The molecule has 0 saturated carbocycles. The van der Waals surface area contributed by atoms with Crippen LogP contribution >= 0.6 is 0 Å². The number of nitrogens with two attached hydrogens (primary N) is 1. The fraction of sp³-hybridized carbons (Fsp3) is 0.467. The van der Waals surface area contributed by atoms with Crippen molar-refractivity contribution < 1.29 is 4.79 Å². The largest absolute Gasteiger partial charge is 0.325 e. The summed E-state index contributed by atoms with van der Waals surface area (Å²) in [6.45, 7) is 4.27. The number of aryl methyl sites for hydroxylation is 1. The second-order valence-electron chi connectivity index (χ2n) is 5.09. The first-order chi connectivity index (χ1) is 9.67. The highest BCUT2D eigenvalue weighted by Gasteiger charge is 2.15. The van der Waals surface area contributed by atoms with Crippen molar-refractivity contribution in [2.75, 3.05) is 0 Å². The van der Waals surface area contributed by atoms with Crippen molar-refractivity contribution in [3.63, 3.8) is 0 Å². The standard InChI is InChI=1S/C15H22N4O/c1-3-6-14-17-12-7-4-5-8-13(12)19(14)11(2)9-10-15(20)18-16/h4-5,7-8,11H,3,6,9-10,16H2,1-2H3,(H,18,20). The second kappa shape index (κ2) is 6.52. The maximum absolute atomic E-state index is 11.3. The topological polar surface area (TPSA) is 72.9 Å². The number of nitrogens with one attached hydrogen (secondary N) is 1. The number of carbonyl (C=O) groups is 1. The molecule has 1 amide bonds. The molecule has 1 heterocycles. The molecule has 0 saturated heterocycles. The number of hydrogen-bond acceptors (Lipinski definition) is 3. The monoisotopic (exact) mass is 274 g/mol. The smallest absolute Gasteiger partial charge is 0.233 e. The minimum atomic E-state index is -0.127. The van der Waals surface area contributed by atoms with Crippen molar-refractivity contribution in [3.05, 3.63) is 30.1 Å². The molecule has 2 rings (SSSR count). The first-order valence-corrected chi connectivity index (χ1v) is 7.12. The average molecular weight is 274 g/mol. The molecule has 0 bridgehead atoms. The van der Waals surface area contributed by atoms with E-state index in [1.54, 1.807) is 0 Å². The molecule has 3 N–H and O–H groups in total. The summed E-state index contributed by atoms with van der Waals surface area (Å²) < 4.78 is 2.25. The van der Waals surface area contributed by atoms with Crippen molar-refractivity contribution in [1.82, 2.24) is 15.0 Å². The first-order valence-electron chi connectivity index (χ1n) is 7.12. The summed E-state index contributed by atoms with van der Waals surface area (Å²) in [5.74, 6) is 6.09. The van der Waals surface area contributed by atoms with Gasteiger partial charge in [-0.15, -0.1) is 0 Å². The van der Waals surface area contributed by atoms with E-state index in [-0.39, 0.29) is 11.9 Å². The van der Waals surface area contributed by atoms with E-state index in [1.807, 2.05) is 18.2 Å². The molecule has 0 spiro atoms. The first kappa shape index (κ1) is 14.5. The number of hydrogen-bond donors (Lipinski definition) is 2. The van der Waals surface area contributed by atoms with Crippen LogP contribution in [0.25, 0.3) is 11.0 Å². The SMILES string of the molecule is CCCc1nc2ccccc2n1C(C)CCC(=O)NN. The lowest BCUT2D eigenvalue weighted by atomic mass is 10.1. The molecule has 1 atom stereocenters. The van der Waals surface area contributed by atoms with E-state index in [1.165, 1.54) is 0 Å². The molecule has 0 fully saturated rings. The average Bonchev–Trinajstić information content (AvgIpc) is 2.82. The zero-order valence-corrected chi connectivity index (χ0v) is 12.1. The van der Waals surface area contributed by atoms with E-state index < -0.39 is 0 Å². The van der Waals surface area contributed by atoms with Crippen LogP contribution in [-0.4, -0.2) is 15.5 Å². The Morgan fingerprint density at radius 3 is 2.90 bits per heavy atom. The van der Waals surface area contributed by atoms with Gasteiger partial charge in [0.05, 0.1) is 11.0 Å². The Morgan fingerprint density at radius 2 is 2.20 bits per heavy atom. The van der Waals surface area contributed by atoms with Gasteiger partial charge in [0.2, 0.25) is 5.91 Å². The van der Waals surface area contributed by atoms with Gasteiger partial charge in [-0.3, -0.25) is 10.2 Å².